The van der Waals surface area contributed by atoms with Gasteiger partial charge in [0.2, 0.25) is 0 Å². The second-order valence-corrected chi connectivity index (χ2v) is 11.0. The predicted octanol–water partition coefficient (Wildman–Crippen LogP) is -11.3. The van der Waals surface area contributed by atoms with E-state index in [1.807, 2.05) is 0 Å². The summed E-state index contributed by atoms with van der Waals surface area (Å²) in [6, 6.07) is 0. The van der Waals surface area contributed by atoms with E-state index in [9.17, 15) is 58.8 Å². The third-order valence-corrected chi connectivity index (χ3v) is 5.90. The van der Waals surface area contributed by atoms with Crippen LogP contribution in [0.4, 0.5) is 0 Å². The largest absolute Gasteiger partial charge is 0.550 e. The van der Waals surface area contributed by atoms with Gasteiger partial charge in [-0.05, 0) is 25.7 Å². The number of carboxylic acid groups (broad SMARTS) is 8. The Bertz CT molecular complexity index is 772. The number of carbonyl (C=O) groups is 8. The molecule has 0 saturated carbocycles. The lowest BCUT2D eigenvalue weighted by Gasteiger charge is -2.07. The van der Waals surface area contributed by atoms with Gasteiger partial charge in [0, 0.05) is 23.9 Å². The van der Waals surface area contributed by atoms with Crippen LogP contribution in [0.25, 0.3) is 0 Å². The van der Waals surface area contributed by atoms with E-state index in [-0.39, 0.29) is 25.7 Å². The molecule has 0 radical (unpaired) electrons. The van der Waals surface area contributed by atoms with Crippen LogP contribution in [0.1, 0.15) is 51.4 Å². The maximum atomic E-state index is 9.64. The zero-order valence-corrected chi connectivity index (χ0v) is 31.6. The van der Waals surface area contributed by atoms with E-state index in [1.54, 1.807) is 0 Å². The fourth-order valence-electron chi connectivity index (χ4n) is 3.15. The smallest absolute Gasteiger partial charge is 0.303 e. The Balaban J connectivity index is -0.000000276. The van der Waals surface area contributed by atoms with Crippen LogP contribution in [0, 0.1) is 0 Å². The number of carbonyl (C=O) groups excluding carboxylic acids is 4. The molecule has 0 atom stereocenters. The molecule has 12 N–H and O–H groups in total. The van der Waals surface area contributed by atoms with Crippen LogP contribution in [-0.2, 0) is 57.3 Å². The standard InChI is InChI=1S/4C4H9NO.4C4H6O4/c4*1-3-6-4-2-5-1;4*5-3(6)1-2-4(7)8/h4*5H,1-4H2;4*1-2H2,(H,5,6)(H,7,8). The minimum atomic E-state index is -1.37. The molecule has 0 amide bonds. The molecule has 24 heteroatoms. The minimum absolute atomic E-state index is 0.296. The first kappa shape index (κ1) is 58.2. The lowest BCUT2D eigenvalue weighted by atomic mass is 10.3. The predicted molar refractivity (Wildman–Crippen MR) is 177 cm³/mol. The normalized spacial score (nSPS) is 15.1. The number of carboxylic acids is 8. The molecule has 0 spiro atoms. The molecular formula is C32H60N4O20. The van der Waals surface area contributed by atoms with Crippen LogP contribution in [0.2, 0.25) is 0 Å². The second kappa shape index (κ2) is 46.6. The van der Waals surface area contributed by atoms with Gasteiger partial charge in [0.25, 0.3) is 0 Å². The topological polar surface area (TPSA) is 413 Å². The van der Waals surface area contributed by atoms with Crippen molar-refractivity contribution in [3.63, 3.8) is 0 Å². The van der Waals surface area contributed by atoms with Crippen molar-refractivity contribution in [3.8, 4) is 0 Å². The molecular weight excluding hydrogens is 760 g/mol. The molecule has 4 heterocycles. The molecule has 0 unspecified atom stereocenters. The van der Waals surface area contributed by atoms with Gasteiger partial charge in [-0.15, -0.1) is 0 Å². The third kappa shape index (κ3) is 74.6. The van der Waals surface area contributed by atoms with E-state index in [2.05, 4.69) is 21.3 Å². The van der Waals surface area contributed by atoms with Gasteiger partial charge in [-0.25, -0.2) is 0 Å². The summed E-state index contributed by atoms with van der Waals surface area (Å²) in [6.07, 6.45) is -3.06. The number of ether oxygens (including phenoxy) is 4. The van der Waals surface area contributed by atoms with Crippen molar-refractivity contribution in [2.75, 3.05) is 105 Å². The Kier molecular flexibility index (Phi) is 48.4. The van der Waals surface area contributed by atoms with E-state index in [1.165, 1.54) is 0 Å². The number of quaternary nitrogens is 4. The van der Waals surface area contributed by atoms with Crippen molar-refractivity contribution >= 4 is 47.8 Å². The van der Waals surface area contributed by atoms with Gasteiger partial charge in [0.15, 0.2) is 0 Å². The molecule has 4 aliphatic rings. The Morgan fingerprint density at radius 1 is 0.321 bits per heavy atom. The summed E-state index contributed by atoms with van der Waals surface area (Å²) in [7, 11) is 0. The van der Waals surface area contributed by atoms with Crippen molar-refractivity contribution in [1.82, 2.24) is 0 Å². The lowest BCUT2D eigenvalue weighted by Crippen LogP contribution is -2.87. The zero-order valence-electron chi connectivity index (χ0n) is 31.6. The number of hydrogen-bond acceptors (Lipinski definition) is 16. The molecule has 24 nitrogen and oxygen atoms in total. The SMILES string of the molecule is C1COCC[NH2+]1.C1COCC[NH2+]1.C1COCC[NH2+]1.C1COCC[NH2+]1.O=C(O)CCC(=O)O.O=C(O)CCC(=O)O.O=C([O-])CCC(=O)[O-].O=C([O-])CCC(=O)[O-]. The van der Waals surface area contributed by atoms with Crippen LogP contribution >= 0.6 is 0 Å². The highest BCUT2D eigenvalue weighted by Crippen LogP contribution is 1.87. The van der Waals surface area contributed by atoms with Crippen LogP contribution in [0.3, 0.4) is 0 Å². The van der Waals surface area contributed by atoms with Crippen molar-refractivity contribution in [1.29, 1.82) is 0 Å². The lowest BCUT2D eigenvalue weighted by molar-refractivity contribution is -0.670. The number of aliphatic carboxylic acids is 8. The summed E-state index contributed by atoms with van der Waals surface area (Å²) in [5, 5.41) is 78.7. The number of hydrogen-bond donors (Lipinski definition) is 8. The van der Waals surface area contributed by atoms with Gasteiger partial charge in [-0.1, -0.05) is 0 Å². The molecule has 4 saturated heterocycles. The fraction of sp³-hybridized carbons (Fsp3) is 0.750. The highest BCUT2D eigenvalue weighted by Gasteiger charge is 2.02. The number of rotatable bonds is 12. The summed E-state index contributed by atoms with van der Waals surface area (Å²) < 4.78 is 20.2. The molecule has 328 valence electrons. The fourth-order valence-corrected chi connectivity index (χ4v) is 3.15. The highest BCUT2D eigenvalue weighted by atomic mass is 16.5. The molecule has 56 heavy (non-hydrogen) atoms. The van der Waals surface area contributed by atoms with E-state index < -0.39 is 73.4 Å². The van der Waals surface area contributed by atoms with E-state index >= 15 is 0 Å². The van der Waals surface area contributed by atoms with E-state index in [0.29, 0.717) is 0 Å². The van der Waals surface area contributed by atoms with Crippen molar-refractivity contribution in [3.05, 3.63) is 0 Å². The average molecular weight is 821 g/mol. The Labute approximate surface area is 323 Å². The molecule has 0 aromatic rings. The first-order chi connectivity index (χ1) is 26.5. The minimum Gasteiger partial charge on any atom is -0.550 e. The molecule has 4 rings (SSSR count). The Hall–Kier alpha value is -4.56. The summed E-state index contributed by atoms with van der Waals surface area (Å²) in [5.41, 5.74) is 0. The van der Waals surface area contributed by atoms with E-state index in [0.717, 1.165) is 105 Å². The van der Waals surface area contributed by atoms with Gasteiger partial charge >= 0.3 is 23.9 Å². The number of morpholine rings is 4. The quantitative estimate of drug-likeness (QED) is 0.0906. The molecule has 4 aliphatic heterocycles. The Morgan fingerprint density at radius 3 is 0.518 bits per heavy atom. The first-order valence-electron chi connectivity index (χ1n) is 17.7. The van der Waals surface area contributed by atoms with Crippen molar-refractivity contribution < 1.29 is 119 Å². The molecule has 0 aromatic carbocycles. The van der Waals surface area contributed by atoms with Gasteiger partial charge in [-0.3, -0.25) is 19.2 Å². The monoisotopic (exact) mass is 820 g/mol. The second-order valence-electron chi connectivity index (χ2n) is 11.0. The Morgan fingerprint density at radius 2 is 0.464 bits per heavy atom. The average Bonchev–Trinajstić information content (AvgIpc) is 3.19. The summed E-state index contributed by atoms with van der Waals surface area (Å²) in [4.78, 5) is 76.6. The molecule has 0 aliphatic carbocycles. The van der Waals surface area contributed by atoms with Crippen LogP contribution < -0.4 is 41.7 Å². The maximum Gasteiger partial charge on any atom is 0.303 e. The van der Waals surface area contributed by atoms with Gasteiger partial charge < -0.3 is 100 Å². The molecule has 0 aromatic heterocycles. The van der Waals surface area contributed by atoms with Gasteiger partial charge in [0.1, 0.15) is 0 Å². The third-order valence-electron chi connectivity index (χ3n) is 5.90. The first-order valence-corrected chi connectivity index (χ1v) is 17.7. The molecule has 4 fully saturated rings. The highest BCUT2D eigenvalue weighted by molar-refractivity contribution is 5.76. The van der Waals surface area contributed by atoms with Crippen molar-refractivity contribution in [2.24, 2.45) is 0 Å². The zero-order chi connectivity index (χ0) is 43.2. The summed E-state index contributed by atoms with van der Waals surface area (Å²) in [6.45, 7) is 16.8. The summed E-state index contributed by atoms with van der Waals surface area (Å²) >= 11 is 0. The maximum absolute atomic E-state index is 9.64. The summed E-state index contributed by atoms with van der Waals surface area (Å²) in [5.74, 6) is -9.77. The van der Waals surface area contributed by atoms with Gasteiger partial charge in [-0.2, -0.15) is 0 Å². The van der Waals surface area contributed by atoms with Gasteiger partial charge in [0.05, 0.1) is 131 Å². The van der Waals surface area contributed by atoms with Crippen LogP contribution in [0.5, 0.6) is 0 Å². The number of nitrogens with two attached hydrogens (primary N) is 4. The van der Waals surface area contributed by atoms with Crippen LogP contribution in [0.15, 0.2) is 0 Å². The molecule has 0 bridgehead atoms. The van der Waals surface area contributed by atoms with E-state index in [4.69, 9.17) is 39.4 Å². The van der Waals surface area contributed by atoms with Crippen molar-refractivity contribution in [2.45, 2.75) is 51.4 Å². The van der Waals surface area contributed by atoms with Crippen LogP contribution in [-0.4, -0.2) is 173 Å².